The monoisotopic (exact) mass is 444 g/mol. The highest BCUT2D eigenvalue weighted by Gasteiger charge is 2.20. The van der Waals surface area contributed by atoms with Crippen LogP contribution in [0.25, 0.3) is 10.4 Å². The zero-order chi connectivity index (χ0) is 21.1. The summed E-state index contributed by atoms with van der Waals surface area (Å²) in [6, 6.07) is 6.96. The quantitative estimate of drug-likeness (QED) is 0.642. The number of ether oxygens (including phenoxy) is 1. The van der Waals surface area contributed by atoms with Gasteiger partial charge in [-0.15, -0.1) is 21.5 Å². The first kappa shape index (κ1) is 20.7. The lowest BCUT2D eigenvalue weighted by atomic mass is 10.00. The number of hydrogen-bond donors (Lipinski definition) is 1. The number of hydrogen-bond acceptors (Lipinski definition) is 6. The summed E-state index contributed by atoms with van der Waals surface area (Å²) in [6.45, 7) is 4.20. The third-order valence-corrected chi connectivity index (χ3v) is 6.25. The van der Waals surface area contributed by atoms with E-state index in [1.165, 1.54) is 17.4 Å². The number of carbonyl (C=O) groups is 1. The van der Waals surface area contributed by atoms with E-state index in [2.05, 4.69) is 15.5 Å². The molecule has 1 N–H and O–H groups in total. The Hall–Kier alpha value is -2.55. The Bertz CT molecular complexity index is 1100. The van der Waals surface area contributed by atoms with Gasteiger partial charge in [0.1, 0.15) is 5.56 Å². The lowest BCUT2D eigenvalue weighted by Crippen LogP contribution is -2.26. The maximum atomic E-state index is 13.2. The molecule has 1 amide bonds. The van der Waals surface area contributed by atoms with Crippen molar-refractivity contribution in [1.29, 1.82) is 0 Å². The van der Waals surface area contributed by atoms with Crippen LogP contribution in [0.2, 0.25) is 5.15 Å². The van der Waals surface area contributed by atoms with Crippen LogP contribution in [0.4, 0.5) is 5.82 Å². The van der Waals surface area contributed by atoms with E-state index in [-0.39, 0.29) is 22.0 Å². The van der Waals surface area contributed by atoms with E-state index >= 15 is 0 Å². The van der Waals surface area contributed by atoms with Gasteiger partial charge in [0, 0.05) is 41.9 Å². The SMILES string of the molecule is Cc1ccc(-c2cn(CC3CCOCC3)cc(C(=O)Nc3ccc(Cl)nn3)c2=O)s1. The van der Waals surface area contributed by atoms with E-state index in [1.54, 1.807) is 12.3 Å². The molecule has 0 aliphatic carbocycles. The molecule has 0 saturated carbocycles. The number of anilines is 1. The summed E-state index contributed by atoms with van der Waals surface area (Å²) in [4.78, 5) is 28.0. The third-order valence-electron chi connectivity index (χ3n) is 5.01. The number of halogens is 1. The zero-order valence-corrected chi connectivity index (χ0v) is 18.0. The average Bonchev–Trinajstić information content (AvgIpc) is 3.17. The minimum Gasteiger partial charge on any atom is -0.381 e. The largest absolute Gasteiger partial charge is 0.381 e. The van der Waals surface area contributed by atoms with Crippen molar-refractivity contribution in [3.63, 3.8) is 0 Å². The summed E-state index contributed by atoms with van der Waals surface area (Å²) in [5.41, 5.74) is 0.289. The molecule has 0 bridgehead atoms. The predicted octanol–water partition coefficient (Wildman–Crippen LogP) is 4.01. The van der Waals surface area contributed by atoms with E-state index in [0.29, 0.717) is 11.5 Å². The van der Waals surface area contributed by atoms with E-state index in [9.17, 15) is 9.59 Å². The number of nitrogens with zero attached hydrogens (tertiary/aromatic N) is 3. The standard InChI is InChI=1S/C21H21ClN4O3S/c1-13-2-3-17(30-13)15-11-26(10-14-6-8-29-9-7-14)12-16(20(15)27)21(28)23-19-5-4-18(22)24-25-19/h2-5,11-12,14H,6-10H2,1H3,(H,23,25,28). The molecule has 1 fully saturated rings. The van der Waals surface area contributed by atoms with Crippen molar-refractivity contribution in [3.05, 3.63) is 62.5 Å². The Morgan fingerprint density at radius 3 is 2.70 bits per heavy atom. The first-order valence-electron chi connectivity index (χ1n) is 9.69. The van der Waals surface area contributed by atoms with Gasteiger partial charge < -0.3 is 14.6 Å². The summed E-state index contributed by atoms with van der Waals surface area (Å²) in [5, 5.41) is 10.4. The van der Waals surface area contributed by atoms with Gasteiger partial charge in [-0.05, 0) is 49.9 Å². The van der Waals surface area contributed by atoms with Crippen LogP contribution in [0.15, 0.2) is 41.5 Å². The van der Waals surface area contributed by atoms with Gasteiger partial charge in [-0.3, -0.25) is 9.59 Å². The number of rotatable bonds is 5. The van der Waals surface area contributed by atoms with Crippen LogP contribution in [0.5, 0.6) is 0 Å². The highest BCUT2D eigenvalue weighted by molar-refractivity contribution is 7.15. The highest BCUT2D eigenvalue weighted by Crippen LogP contribution is 2.26. The molecule has 3 aromatic heterocycles. The van der Waals surface area contributed by atoms with Crippen molar-refractivity contribution in [1.82, 2.24) is 14.8 Å². The molecular formula is C21H21ClN4O3S. The topological polar surface area (TPSA) is 86.1 Å². The Labute approximate surface area is 182 Å². The van der Waals surface area contributed by atoms with Crippen LogP contribution in [0, 0.1) is 12.8 Å². The molecule has 1 aliphatic heterocycles. The van der Waals surface area contributed by atoms with Crippen LogP contribution >= 0.6 is 22.9 Å². The van der Waals surface area contributed by atoms with Crippen molar-refractivity contribution in [2.24, 2.45) is 5.92 Å². The van der Waals surface area contributed by atoms with Crippen molar-refractivity contribution in [3.8, 4) is 10.4 Å². The summed E-state index contributed by atoms with van der Waals surface area (Å²) in [6.07, 6.45) is 5.39. The van der Waals surface area contributed by atoms with Crippen LogP contribution in [0.1, 0.15) is 28.1 Å². The summed E-state index contributed by atoms with van der Waals surface area (Å²) in [7, 11) is 0. The first-order valence-corrected chi connectivity index (χ1v) is 10.9. The van der Waals surface area contributed by atoms with Crippen molar-refractivity contribution >= 4 is 34.7 Å². The second-order valence-electron chi connectivity index (χ2n) is 7.27. The number of thiophene rings is 1. The molecule has 9 heteroatoms. The van der Waals surface area contributed by atoms with Crippen LogP contribution in [-0.2, 0) is 11.3 Å². The fraction of sp³-hybridized carbons (Fsp3) is 0.333. The molecule has 0 spiro atoms. The van der Waals surface area contributed by atoms with Gasteiger partial charge in [-0.2, -0.15) is 0 Å². The normalized spacial score (nSPS) is 14.6. The first-order chi connectivity index (χ1) is 14.5. The fourth-order valence-electron chi connectivity index (χ4n) is 3.45. The van der Waals surface area contributed by atoms with E-state index in [4.69, 9.17) is 16.3 Å². The number of aryl methyl sites for hydroxylation is 1. The predicted molar refractivity (Wildman–Crippen MR) is 117 cm³/mol. The van der Waals surface area contributed by atoms with Crippen LogP contribution in [-0.4, -0.2) is 33.9 Å². The van der Waals surface area contributed by atoms with Crippen molar-refractivity contribution in [2.45, 2.75) is 26.3 Å². The minimum atomic E-state index is -0.521. The molecule has 4 heterocycles. The number of pyridine rings is 1. The minimum absolute atomic E-state index is 0.0716. The highest BCUT2D eigenvalue weighted by atomic mass is 35.5. The second-order valence-corrected chi connectivity index (χ2v) is 8.95. The van der Waals surface area contributed by atoms with Crippen molar-refractivity contribution < 1.29 is 9.53 Å². The molecule has 0 atom stereocenters. The van der Waals surface area contributed by atoms with Gasteiger partial charge in [0.2, 0.25) is 5.43 Å². The molecule has 3 aromatic rings. The van der Waals surface area contributed by atoms with Gasteiger partial charge in [0.25, 0.3) is 5.91 Å². The zero-order valence-electron chi connectivity index (χ0n) is 16.4. The molecule has 156 valence electrons. The van der Waals surface area contributed by atoms with Crippen LogP contribution < -0.4 is 10.7 Å². The van der Waals surface area contributed by atoms with E-state index in [1.807, 2.05) is 29.8 Å². The molecule has 0 radical (unpaired) electrons. The molecular weight excluding hydrogens is 424 g/mol. The van der Waals surface area contributed by atoms with Crippen LogP contribution in [0.3, 0.4) is 0 Å². The maximum Gasteiger partial charge on any atom is 0.262 e. The van der Waals surface area contributed by atoms with Gasteiger partial charge in [-0.25, -0.2) is 0 Å². The molecule has 30 heavy (non-hydrogen) atoms. The summed E-state index contributed by atoms with van der Waals surface area (Å²) >= 11 is 7.28. The number of aromatic nitrogens is 3. The summed E-state index contributed by atoms with van der Waals surface area (Å²) in [5.74, 6) is 0.154. The molecule has 4 rings (SSSR count). The third kappa shape index (κ3) is 4.77. The van der Waals surface area contributed by atoms with E-state index < -0.39 is 5.91 Å². The molecule has 0 unspecified atom stereocenters. The maximum absolute atomic E-state index is 13.2. The van der Waals surface area contributed by atoms with Gasteiger partial charge >= 0.3 is 0 Å². The molecule has 7 nitrogen and oxygen atoms in total. The second kappa shape index (κ2) is 9.07. The molecule has 0 aromatic carbocycles. The smallest absolute Gasteiger partial charge is 0.262 e. The Balaban J connectivity index is 1.69. The number of nitrogens with one attached hydrogen (secondary N) is 1. The Morgan fingerprint density at radius 1 is 1.23 bits per heavy atom. The Morgan fingerprint density at radius 2 is 2.03 bits per heavy atom. The lowest BCUT2D eigenvalue weighted by molar-refractivity contribution is 0.0612. The molecule has 1 saturated heterocycles. The van der Waals surface area contributed by atoms with Gasteiger partial charge in [0.15, 0.2) is 11.0 Å². The number of carbonyl (C=O) groups excluding carboxylic acids is 1. The Kier molecular flexibility index (Phi) is 6.26. The van der Waals surface area contributed by atoms with E-state index in [0.717, 1.165) is 42.4 Å². The lowest BCUT2D eigenvalue weighted by Gasteiger charge is -2.23. The van der Waals surface area contributed by atoms with Gasteiger partial charge in [-0.1, -0.05) is 11.6 Å². The van der Waals surface area contributed by atoms with Gasteiger partial charge in [0.05, 0.1) is 5.56 Å². The van der Waals surface area contributed by atoms with Crippen molar-refractivity contribution in [2.75, 3.05) is 18.5 Å². The summed E-state index contributed by atoms with van der Waals surface area (Å²) < 4.78 is 7.39. The average molecular weight is 445 g/mol. The fourth-order valence-corrected chi connectivity index (χ4v) is 4.42. The number of amides is 1. The molecule has 1 aliphatic rings.